The highest BCUT2D eigenvalue weighted by molar-refractivity contribution is 5.77. The third-order valence-electron chi connectivity index (χ3n) is 2.88. The van der Waals surface area contributed by atoms with Crippen molar-refractivity contribution in [3.05, 3.63) is 0 Å². The Morgan fingerprint density at radius 2 is 0.889 bits per heavy atom. The van der Waals surface area contributed by atoms with Gasteiger partial charge in [0.05, 0.1) is 0 Å². The minimum absolute atomic E-state index is 2.13. The molecule has 1 N–H and O–H groups in total. The van der Waals surface area contributed by atoms with Crippen molar-refractivity contribution in [3.8, 4) is 0 Å². The van der Waals surface area contributed by atoms with Crippen LogP contribution in [0.5, 0.6) is 0 Å². The average Bonchev–Trinajstić information content (AvgIpc) is 2.61. The predicted molar refractivity (Wildman–Crippen MR) is 65.2 cm³/mol. The van der Waals surface area contributed by atoms with Crippen LogP contribution in [0.2, 0.25) is 0 Å². The molecule has 0 aliphatic carbocycles. The van der Waals surface area contributed by atoms with Crippen molar-refractivity contribution < 1.29 is 73.8 Å². The summed E-state index contributed by atoms with van der Waals surface area (Å²) in [7, 11) is 0. The highest BCUT2D eigenvalue weighted by Gasteiger charge is 2.77. The highest BCUT2D eigenvalue weighted by atomic mass is 19.2. The van der Waals surface area contributed by atoms with E-state index in [4.69, 9.17) is 0 Å². The number of rotatable bonds is 17. The number of carbonyl (C=O) groups is 1. The van der Waals surface area contributed by atoms with E-state index in [9.17, 15) is 40.6 Å². The molecule has 0 atom stereocenters. The van der Waals surface area contributed by atoms with Crippen LogP contribution >= 0.6 is 0 Å². The molecule has 0 aliphatic rings. The Kier molecular flexibility index (Phi) is 11.6. The fourth-order valence-electron chi connectivity index (χ4n) is 2.04. The second kappa shape index (κ2) is 12.2. The van der Waals surface area contributed by atoms with Crippen LogP contribution in [-0.2, 0) is 38.0 Å². The molecule has 0 aromatic rings. The number of hydrogen-bond donors (Lipinski definition) is 1. The van der Waals surface area contributed by atoms with E-state index < -0.39 is 71.5 Å². The molecule has 0 saturated carbocycles. The summed E-state index contributed by atoms with van der Waals surface area (Å²) in [4.78, 5) is 11.6. The minimum Gasteiger partial charge on any atom is -0.477 e. The molecule has 0 aliphatic heterocycles. The SMILES string of the molecule is O=C(O)C(OCF)(OCF)C(OCF)(OCF)C(OCF)(OCF)OCF. The first kappa shape index (κ1) is 25.7. The fraction of sp³-hybridized carbons (Fsp3) is 0.909. The molecular formula is C11H15F7O9. The quantitative estimate of drug-likeness (QED) is 0.276. The maximum absolute atomic E-state index is 13.0. The number of carboxylic acids is 1. The lowest BCUT2D eigenvalue weighted by atomic mass is 10.0. The molecule has 0 radical (unpaired) electrons. The van der Waals surface area contributed by atoms with Gasteiger partial charge < -0.3 is 24.1 Å². The Bertz CT molecular complexity index is 402. The van der Waals surface area contributed by atoms with Gasteiger partial charge in [0, 0.05) is 0 Å². The zero-order valence-electron chi connectivity index (χ0n) is 13.3. The number of hydrogen-bond acceptors (Lipinski definition) is 8. The van der Waals surface area contributed by atoms with Gasteiger partial charge in [-0.25, -0.2) is 35.5 Å². The Labute approximate surface area is 146 Å². The molecule has 0 rings (SSSR count). The van der Waals surface area contributed by atoms with Crippen LogP contribution in [-0.4, -0.2) is 76.6 Å². The van der Waals surface area contributed by atoms with Gasteiger partial charge in [-0.05, 0) is 0 Å². The molecule has 0 amide bonds. The number of carboxylic acid groups (broad SMARTS) is 1. The van der Waals surface area contributed by atoms with Crippen molar-refractivity contribution in [2.75, 3.05) is 48.0 Å². The zero-order chi connectivity index (χ0) is 21.0. The molecule has 0 aromatic carbocycles. The summed E-state index contributed by atoms with van der Waals surface area (Å²) in [5.74, 6) is -14.9. The van der Waals surface area contributed by atoms with Crippen LogP contribution in [0.25, 0.3) is 0 Å². The van der Waals surface area contributed by atoms with Crippen LogP contribution in [0, 0.1) is 0 Å². The summed E-state index contributed by atoms with van der Waals surface area (Å²) < 4.78 is 119. The minimum atomic E-state index is -4.15. The monoisotopic (exact) mass is 424 g/mol. The van der Waals surface area contributed by atoms with Crippen LogP contribution in [0.15, 0.2) is 0 Å². The summed E-state index contributed by atoms with van der Waals surface area (Å²) in [6, 6.07) is 0. The number of alkyl halides is 7. The van der Waals surface area contributed by atoms with E-state index in [1.54, 1.807) is 0 Å². The molecule has 0 heterocycles. The first-order chi connectivity index (χ1) is 12.9. The van der Waals surface area contributed by atoms with Crippen molar-refractivity contribution >= 4 is 5.97 Å². The average molecular weight is 424 g/mol. The smallest absolute Gasteiger partial charge is 0.371 e. The van der Waals surface area contributed by atoms with Gasteiger partial charge in [0.25, 0.3) is 0 Å². The molecule has 0 spiro atoms. The Morgan fingerprint density at radius 1 is 0.593 bits per heavy atom. The molecule has 0 fully saturated rings. The first-order valence-electron chi connectivity index (χ1n) is 6.50. The largest absolute Gasteiger partial charge is 0.477 e. The molecule has 0 saturated heterocycles. The van der Waals surface area contributed by atoms with Crippen LogP contribution in [0.1, 0.15) is 0 Å². The summed E-state index contributed by atoms with van der Waals surface area (Å²) in [6.07, 6.45) is 0. The third kappa shape index (κ3) is 4.95. The van der Waals surface area contributed by atoms with Crippen molar-refractivity contribution in [1.82, 2.24) is 0 Å². The van der Waals surface area contributed by atoms with Crippen molar-refractivity contribution in [1.29, 1.82) is 0 Å². The van der Waals surface area contributed by atoms with Gasteiger partial charge in [0.1, 0.15) is 0 Å². The third-order valence-corrected chi connectivity index (χ3v) is 2.88. The van der Waals surface area contributed by atoms with E-state index in [1.165, 1.54) is 0 Å². The van der Waals surface area contributed by atoms with E-state index in [1.807, 2.05) is 0 Å². The van der Waals surface area contributed by atoms with Gasteiger partial charge in [0.2, 0.25) is 0 Å². The summed E-state index contributed by atoms with van der Waals surface area (Å²) in [6.45, 7) is -15.2. The predicted octanol–water partition coefficient (Wildman–Crippen LogP) is 1.72. The standard InChI is InChI=1S/C11H15F7O9/c12-1-21-9(8(19)20,22-2-13)10(23-3-14,24-4-15)11(25-5-16,26-6-17)27-7-18/h1-7H2,(H,19,20). The van der Waals surface area contributed by atoms with Gasteiger partial charge in [-0.3, -0.25) is 14.2 Å². The molecule has 27 heavy (non-hydrogen) atoms. The maximum atomic E-state index is 13.0. The number of aliphatic carboxylic acids is 1. The molecule has 0 aromatic heterocycles. The van der Waals surface area contributed by atoms with Crippen molar-refractivity contribution in [2.24, 2.45) is 0 Å². The van der Waals surface area contributed by atoms with E-state index in [2.05, 4.69) is 33.2 Å². The van der Waals surface area contributed by atoms with E-state index in [0.29, 0.717) is 0 Å². The van der Waals surface area contributed by atoms with E-state index in [0.717, 1.165) is 0 Å². The van der Waals surface area contributed by atoms with Gasteiger partial charge in [0.15, 0.2) is 48.0 Å². The highest BCUT2D eigenvalue weighted by Crippen LogP contribution is 2.46. The van der Waals surface area contributed by atoms with Crippen LogP contribution in [0.4, 0.5) is 30.7 Å². The maximum Gasteiger partial charge on any atom is 0.371 e. The summed E-state index contributed by atoms with van der Waals surface area (Å²) in [5.41, 5.74) is 0. The zero-order valence-corrected chi connectivity index (χ0v) is 13.3. The Balaban J connectivity index is 6.99. The number of ether oxygens (including phenoxy) is 7. The van der Waals surface area contributed by atoms with Crippen molar-refractivity contribution in [3.63, 3.8) is 0 Å². The molecule has 0 unspecified atom stereocenters. The van der Waals surface area contributed by atoms with Gasteiger partial charge >= 0.3 is 23.5 Å². The van der Waals surface area contributed by atoms with E-state index in [-0.39, 0.29) is 0 Å². The number of halogens is 7. The normalized spacial score (nSPS) is 13.1. The lowest BCUT2D eigenvalue weighted by Gasteiger charge is -2.50. The first-order valence-corrected chi connectivity index (χ1v) is 6.50. The molecule has 162 valence electrons. The van der Waals surface area contributed by atoms with Gasteiger partial charge in [-0.1, -0.05) is 0 Å². The summed E-state index contributed by atoms with van der Waals surface area (Å²) in [5, 5.41) is 9.31. The fourth-order valence-corrected chi connectivity index (χ4v) is 2.04. The second-order valence-electron chi connectivity index (χ2n) is 3.87. The molecule has 0 bridgehead atoms. The Morgan fingerprint density at radius 3 is 1.11 bits per heavy atom. The molecule has 16 heteroatoms. The summed E-state index contributed by atoms with van der Waals surface area (Å²) >= 11 is 0. The molecular weight excluding hydrogens is 409 g/mol. The van der Waals surface area contributed by atoms with Crippen LogP contribution in [0.3, 0.4) is 0 Å². The van der Waals surface area contributed by atoms with Gasteiger partial charge in [-0.15, -0.1) is 0 Å². The van der Waals surface area contributed by atoms with Crippen LogP contribution < -0.4 is 0 Å². The lowest BCUT2D eigenvalue weighted by Crippen LogP contribution is -2.77. The lowest BCUT2D eigenvalue weighted by molar-refractivity contribution is -0.561. The second-order valence-corrected chi connectivity index (χ2v) is 3.87. The van der Waals surface area contributed by atoms with E-state index >= 15 is 0 Å². The topological polar surface area (TPSA) is 102 Å². The van der Waals surface area contributed by atoms with Gasteiger partial charge in [-0.2, -0.15) is 0 Å². The molecule has 9 nitrogen and oxygen atoms in total. The van der Waals surface area contributed by atoms with Crippen molar-refractivity contribution in [2.45, 2.75) is 17.5 Å². The Hall–Kier alpha value is -1.30.